The van der Waals surface area contributed by atoms with Crippen LogP contribution in [-0.4, -0.2) is 69.2 Å². The van der Waals surface area contributed by atoms with Crippen LogP contribution < -0.4 is 0 Å². The van der Waals surface area contributed by atoms with Crippen LogP contribution in [0.3, 0.4) is 0 Å². The fourth-order valence-electron chi connectivity index (χ4n) is 4.96. The summed E-state index contributed by atoms with van der Waals surface area (Å²) >= 11 is 0. The summed E-state index contributed by atoms with van der Waals surface area (Å²) in [6, 6.07) is 11.8. The van der Waals surface area contributed by atoms with Crippen LogP contribution in [0.4, 0.5) is 0 Å². The molecule has 1 saturated heterocycles. The Bertz CT molecular complexity index is 1180. The zero-order chi connectivity index (χ0) is 23.7. The summed E-state index contributed by atoms with van der Waals surface area (Å²) in [5.74, 6) is 0.288. The van der Waals surface area contributed by atoms with Crippen LogP contribution in [0.2, 0.25) is 0 Å². The normalized spacial score (nSPS) is 16.9. The van der Waals surface area contributed by atoms with E-state index in [-0.39, 0.29) is 11.9 Å². The number of nitrogens with zero attached hydrogens (tertiary/aromatic N) is 5. The summed E-state index contributed by atoms with van der Waals surface area (Å²) in [5, 5.41) is 4.13. The van der Waals surface area contributed by atoms with Crippen molar-refractivity contribution in [3.8, 4) is 5.69 Å². The first-order chi connectivity index (χ1) is 16.5. The van der Waals surface area contributed by atoms with Crippen molar-refractivity contribution < 1.29 is 14.3 Å². The Kier molecular flexibility index (Phi) is 6.15. The molecule has 1 fully saturated rings. The Morgan fingerprint density at radius 1 is 1.09 bits per heavy atom. The lowest BCUT2D eigenvalue weighted by atomic mass is 9.90. The average Bonchev–Trinajstić information content (AvgIpc) is 3.51. The van der Waals surface area contributed by atoms with Crippen molar-refractivity contribution in [1.29, 1.82) is 0 Å². The fourth-order valence-corrected chi connectivity index (χ4v) is 4.96. The average molecular weight is 460 g/mol. The first-order valence-electron chi connectivity index (χ1n) is 11.7. The Hall–Kier alpha value is -3.52. The van der Waals surface area contributed by atoms with Crippen LogP contribution in [0.5, 0.6) is 0 Å². The Morgan fingerprint density at radius 2 is 1.85 bits per heavy atom. The SMILES string of the molecule is Cc1c(C(C)CN2CCN(C(=O)Cc3ccc(-n4cncn4)cc3)CC2)ccc2c1COC2=O. The van der Waals surface area contributed by atoms with E-state index in [1.807, 2.05) is 35.2 Å². The highest BCUT2D eigenvalue weighted by atomic mass is 16.5. The number of hydrogen-bond acceptors (Lipinski definition) is 6. The van der Waals surface area contributed by atoms with Gasteiger partial charge in [-0.2, -0.15) is 5.10 Å². The standard InChI is InChI=1S/C26H29N5O3/c1-18(22-7-8-23-24(19(22)2)15-34-26(23)33)14-29-9-11-30(12-10-29)25(32)13-20-3-5-21(6-4-20)31-17-27-16-28-31/h3-8,16-18H,9-15H2,1-2H3. The predicted octanol–water partition coefficient (Wildman–Crippen LogP) is 2.74. The summed E-state index contributed by atoms with van der Waals surface area (Å²) in [7, 11) is 0. The second-order valence-corrected chi connectivity index (χ2v) is 9.15. The number of hydrogen-bond donors (Lipinski definition) is 0. The molecule has 2 aliphatic heterocycles. The van der Waals surface area contributed by atoms with Gasteiger partial charge in [-0.25, -0.2) is 14.5 Å². The fraction of sp³-hybridized carbons (Fsp3) is 0.385. The predicted molar refractivity (Wildman–Crippen MR) is 127 cm³/mol. The van der Waals surface area contributed by atoms with Crippen molar-refractivity contribution in [1.82, 2.24) is 24.6 Å². The molecule has 1 amide bonds. The van der Waals surface area contributed by atoms with E-state index in [9.17, 15) is 9.59 Å². The lowest BCUT2D eigenvalue weighted by Gasteiger charge is -2.36. The number of benzene rings is 2. The van der Waals surface area contributed by atoms with Crippen molar-refractivity contribution in [3.63, 3.8) is 0 Å². The summed E-state index contributed by atoms with van der Waals surface area (Å²) in [4.78, 5) is 33.0. The third-order valence-electron chi connectivity index (χ3n) is 6.97. The number of carbonyl (C=O) groups excluding carboxylic acids is 2. The minimum atomic E-state index is -0.218. The van der Waals surface area contributed by atoms with Crippen LogP contribution in [0.25, 0.3) is 5.69 Å². The molecule has 1 unspecified atom stereocenters. The van der Waals surface area contributed by atoms with Gasteiger partial charge >= 0.3 is 5.97 Å². The maximum atomic E-state index is 12.9. The lowest BCUT2D eigenvalue weighted by molar-refractivity contribution is -0.132. The molecule has 3 aromatic rings. The number of ether oxygens (including phenoxy) is 1. The minimum Gasteiger partial charge on any atom is -0.457 e. The van der Waals surface area contributed by atoms with Gasteiger partial charge in [-0.15, -0.1) is 0 Å². The topological polar surface area (TPSA) is 80.6 Å². The Morgan fingerprint density at radius 3 is 2.56 bits per heavy atom. The number of aromatic nitrogens is 3. The van der Waals surface area contributed by atoms with Gasteiger partial charge in [-0.3, -0.25) is 9.69 Å². The van der Waals surface area contributed by atoms with E-state index in [2.05, 4.69) is 34.9 Å². The molecule has 0 radical (unpaired) electrons. The number of esters is 1. The van der Waals surface area contributed by atoms with E-state index in [0.717, 1.165) is 49.5 Å². The molecule has 3 heterocycles. The van der Waals surface area contributed by atoms with Gasteiger partial charge in [0.15, 0.2) is 0 Å². The Balaban J connectivity index is 1.13. The van der Waals surface area contributed by atoms with Crippen LogP contribution in [0.15, 0.2) is 49.1 Å². The van der Waals surface area contributed by atoms with Gasteiger partial charge in [0.05, 0.1) is 17.7 Å². The molecule has 0 saturated carbocycles. The molecule has 8 nitrogen and oxygen atoms in total. The van der Waals surface area contributed by atoms with Crippen molar-refractivity contribution in [2.24, 2.45) is 0 Å². The molecule has 176 valence electrons. The second kappa shape index (κ2) is 9.38. The Labute approximate surface area is 199 Å². The highest BCUT2D eigenvalue weighted by Crippen LogP contribution is 2.30. The quantitative estimate of drug-likeness (QED) is 0.528. The number of rotatable bonds is 6. The van der Waals surface area contributed by atoms with Crippen LogP contribution in [0, 0.1) is 6.92 Å². The van der Waals surface area contributed by atoms with E-state index >= 15 is 0 Å². The van der Waals surface area contributed by atoms with E-state index in [4.69, 9.17) is 4.74 Å². The number of fused-ring (bicyclic) bond motifs is 1. The zero-order valence-electron chi connectivity index (χ0n) is 19.6. The summed E-state index contributed by atoms with van der Waals surface area (Å²) < 4.78 is 6.89. The van der Waals surface area contributed by atoms with Crippen molar-refractivity contribution in [2.75, 3.05) is 32.7 Å². The molecule has 8 heteroatoms. The molecule has 0 spiro atoms. The maximum absolute atomic E-state index is 12.9. The van der Waals surface area contributed by atoms with Gasteiger partial charge in [0.25, 0.3) is 0 Å². The van der Waals surface area contributed by atoms with Crippen LogP contribution in [-0.2, 0) is 22.6 Å². The van der Waals surface area contributed by atoms with Gasteiger partial charge in [0.2, 0.25) is 5.91 Å². The molecule has 0 aliphatic carbocycles. The minimum absolute atomic E-state index is 0.167. The number of piperazine rings is 1. The number of carbonyl (C=O) groups is 2. The number of cyclic esters (lactones) is 1. The van der Waals surface area contributed by atoms with Gasteiger partial charge < -0.3 is 9.64 Å². The zero-order valence-corrected chi connectivity index (χ0v) is 19.6. The summed E-state index contributed by atoms with van der Waals surface area (Å²) in [6.07, 6.45) is 3.56. The molecular weight excluding hydrogens is 430 g/mol. The lowest BCUT2D eigenvalue weighted by Crippen LogP contribution is -2.49. The number of amides is 1. The molecule has 0 bridgehead atoms. The van der Waals surface area contributed by atoms with Gasteiger partial charge in [0.1, 0.15) is 19.3 Å². The largest absolute Gasteiger partial charge is 0.457 e. The third-order valence-corrected chi connectivity index (χ3v) is 6.97. The monoisotopic (exact) mass is 459 g/mol. The first-order valence-corrected chi connectivity index (χ1v) is 11.7. The van der Waals surface area contributed by atoms with E-state index in [1.165, 1.54) is 17.5 Å². The smallest absolute Gasteiger partial charge is 0.338 e. The van der Waals surface area contributed by atoms with Crippen molar-refractivity contribution in [2.45, 2.75) is 32.8 Å². The molecule has 5 rings (SSSR count). The maximum Gasteiger partial charge on any atom is 0.338 e. The molecule has 34 heavy (non-hydrogen) atoms. The van der Waals surface area contributed by atoms with E-state index < -0.39 is 0 Å². The molecule has 2 aromatic carbocycles. The van der Waals surface area contributed by atoms with E-state index in [1.54, 1.807) is 11.0 Å². The highest BCUT2D eigenvalue weighted by Gasteiger charge is 2.27. The third kappa shape index (κ3) is 4.46. The van der Waals surface area contributed by atoms with Crippen LogP contribution >= 0.6 is 0 Å². The van der Waals surface area contributed by atoms with Gasteiger partial charge in [-0.1, -0.05) is 25.1 Å². The molecule has 1 aromatic heterocycles. The highest BCUT2D eigenvalue weighted by molar-refractivity contribution is 5.94. The van der Waals surface area contributed by atoms with Crippen molar-refractivity contribution >= 4 is 11.9 Å². The first kappa shape index (κ1) is 22.3. The van der Waals surface area contributed by atoms with Crippen LogP contribution in [0.1, 0.15) is 45.5 Å². The molecule has 1 atom stereocenters. The van der Waals surface area contributed by atoms with Gasteiger partial charge in [0, 0.05) is 38.3 Å². The molecular formula is C26H29N5O3. The molecule has 0 N–H and O–H groups in total. The van der Waals surface area contributed by atoms with E-state index in [0.29, 0.717) is 24.5 Å². The second-order valence-electron chi connectivity index (χ2n) is 9.15. The van der Waals surface area contributed by atoms with Gasteiger partial charge in [-0.05, 0) is 47.7 Å². The van der Waals surface area contributed by atoms with Crippen molar-refractivity contribution in [3.05, 3.63) is 76.9 Å². The molecule has 2 aliphatic rings. The summed E-state index contributed by atoms with van der Waals surface area (Å²) in [6.45, 7) is 8.85. The summed E-state index contributed by atoms with van der Waals surface area (Å²) in [5.41, 5.74) is 6.09.